The van der Waals surface area contributed by atoms with E-state index >= 15 is 0 Å². The second-order valence-electron chi connectivity index (χ2n) is 5.09. The first-order valence-electron chi connectivity index (χ1n) is 7.05. The first-order chi connectivity index (χ1) is 11.4. The highest BCUT2D eigenvalue weighted by atomic mass is 19.1. The lowest BCUT2D eigenvalue weighted by atomic mass is 10.0. The molecule has 0 saturated heterocycles. The molecule has 0 heterocycles. The molecule has 1 amide bonds. The summed E-state index contributed by atoms with van der Waals surface area (Å²) in [6.07, 6.45) is -0.907. The van der Waals surface area contributed by atoms with E-state index in [0.717, 1.165) is 28.7 Å². The number of likely N-dealkylation sites (N-methyl/N-ethyl adjacent to an activating group) is 1. The van der Waals surface area contributed by atoms with Gasteiger partial charge in [-0.25, -0.2) is 14.0 Å². The fourth-order valence-corrected chi connectivity index (χ4v) is 2.18. The van der Waals surface area contributed by atoms with Gasteiger partial charge in [0.05, 0.1) is 0 Å². The molecule has 2 N–H and O–H groups in total. The van der Waals surface area contributed by atoms with Gasteiger partial charge in [-0.3, -0.25) is 4.90 Å². The third kappa shape index (κ3) is 4.01. The number of hydrogen-bond acceptors (Lipinski definition) is 4. The van der Waals surface area contributed by atoms with Crippen LogP contribution >= 0.6 is 0 Å². The molecular weight excluding hydrogens is 317 g/mol. The van der Waals surface area contributed by atoms with Crippen molar-refractivity contribution in [1.82, 2.24) is 4.90 Å². The molecule has 1 atom stereocenters. The number of aromatic hydroxyl groups is 1. The third-order valence-corrected chi connectivity index (χ3v) is 3.40. The average molecular weight is 333 g/mol. The van der Waals surface area contributed by atoms with Crippen LogP contribution in [0, 0.1) is 5.82 Å². The second-order valence-corrected chi connectivity index (χ2v) is 5.09. The number of hydrogen-bond donors (Lipinski definition) is 2. The number of carbonyl (C=O) groups excluding carboxylic acids is 1. The third-order valence-electron chi connectivity index (χ3n) is 3.40. The number of rotatable bonds is 5. The molecule has 0 aliphatic carbocycles. The molecule has 24 heavy (non-hydrogen) atoms. The highest BCUT2D eigenvalue weighted by Gasteiger charge is 2.31. The average Bonchev–Trinajstić information content (AvgIpc) is 2.56. The molecule has 6 nitrogen and oxygen atoms in total. The van der Waals surface area contributed by atoms with Crippen LogP contribution in [0.3, 0.4) is 0 Å². The Bertz CT molecular complexity index is 735. The fraction of sp³-hybridized carbons (Fsp3) is 0.176. The van der Waals surface area contributed by atoms with Crippen LogP contribution < -0.4 is 0 Å². The predicted molar refractivity (Wildman–Crippen MR) is 82.8 cm³/mol. The minimum absolute atomic E-state index is 0.0362. The Labute approximate surface area is 137 Å². The topological polar surface area (TPSA) is 87.1 Å². The van der Waals surface area contributed by atoms with Crippen LogP contribution in [-0.4, -0.2) is 34.2 Å². The molecule has 1 unspecified atom stereocenters. The summed E-state index contributed by atoms with van der Waals surface area (Å²) in [6, 6.07) is 10.2. The first kappa shape index (κ1) is 17.3. The van der Waals surface area contributed by atoms with Crippen molar-refractivity contribution in [3.8, 4) is 5.75 Å². The van der Waals surface area contributed by atoms with Crippen LogP contribution in [0.4, 0.5) is 9.18 Å². The predicted octanol–water partition coefficient (Wildman–Crippen LogP) is 2.93. The van der Waals surface area contributed by atoms with Gasteiger partial charge >= 0.3 is 12.1 Å². The maximum atomic E-state index is 13.4. The number of carboxylic acids is 1. The van der Waals surface area contributed by atoms with Gasteiger partial charge < -0.3 is 14.9 Å². The quantitative estimate of drug-likeness (QED) is 0.878. The summed E-state index contributed by atoms with van der Waals surface area (Å²) < 4.78 is 18.4. The van der Waals surface area contributed by atoms with Gasteiger partial charge in [-0.2, -0.15) is 0 Å². The summed E-state index contributed by atoms with van der Waals surface area (Å²) >= 11 is 0. The Morgan fingerprint density at radius 1 is 1.21 bits per heavy atom. The Morgan fingerprint density at radius 2 is 1.88 bits per heavy atom. The molecule has 2 rings (SSSR count). The van der Waals surface area contributed by atoms with Crippen molar-refractivity contribution in [2.24, 2.45) is 0 Å². The molecular formula is C17H16FNO5. The van der Waals surface area contributed by atoms with Crippen molar-refractivity contribution in [3.63, 3.8) is 0 Å². The van der Waals surface area contributed by atoms with Crippen molar-refractivity contribution in [2.75, 3.05) is 7.05 Å². The van der Waals surface area contributed by atoms with E-state index in [-0.39, 0.29) is 12.2 Å². The Balaban J connectivity index is 2.16. The van der Waals surface area contributed by atoms with Crippen molar-refractivity contribution in [1.29, 1.82) is 0 Å². The highest BCUT2D eigenvalue weighted by molar-refractivity contribution is 5.82. The lowest BCUT2D eigenvalue weighted by molar-refractivity contribution is -0.142. The lowest BCUT2D eigenvalue weighted by Gasteiger charge is -2.25. The first-order valence-corrected chi connectivity index (χ1v) is 7.05. The highest BCUT2D eigenvalue weighted by Crippen LogP contribution is 2.29. The molecule has 0 radical (unpaired) electrons. The van der Waals surface area contributed by atoms with Crippen LogP contribution in [0.5, 0.6) is 5.75 Å². The van der Waals surface area contributed by atoms with Crippen molar-refractivity contribution in [2.45, 2.75) is 12.6 Å². The van der Waals surface area contributed by atoms with Gasteiger partial charge in [-0.15, -0.1) is 0 Å². The van der Waals surface area contributed by atoms with E-state index in [1.165, 1.54) is 7.05 Å². The van der Waals surface area contributed by atoms with E-state index in [0.29, 0.717) is 0 Å². The van der Waals surface area contributed by atoms with Gasteiger partial charge in [0.1, 0.15) is 18.2 Å². The number of amides is 1. The zero-order valence-corrected chi connectivity index (χ0v) is 12.8. The van der Waals surface area contributed by atoms with E-state index in [9.17, 15) is 24.2 Å². The zero-order chi connectivity index (χ0) is 17.7. The molecule has 7 heteroatoms. The number of aliphatic carboxylic acids is 1. The molecule has 0 saturated carbocycles. The summed E-state index contributed by atoms with van der Waals surface area (Å²) in [6.45, 7) is -0.0362. The van der Waals surface area contributed by atoms with E-state index < -0.39 is 29.7 Å². The van der Waals surface area contributed by atoms with E-state index in [2.05, 4.69) is 0 Å². The summed E-state index contributed by atoms with van der Waals surface area (Å²) in [5.74, 6) is -2.57. The van der Waals surface area contributed by atoms with Crippen LogP contribution in [0.1, 0.15) is 17.2 Å². The summed E-state index contributed by atoms with van der Waals surface area (Å²) in [7, 11) is 1.20. The fourth-order valence-electron chi connectivity index (χ4n) is 2.18. The van der Waals surface area contributed by atoms with Crippen molar-refractivity contribution in [3.05, 3.63) is 65.5 Å². The molecule has 0 aromatic heterocycles. The zero-order valence-electron chi connectivity index (χ0n) is 12.8. The van der Waals surface area contributed by atoms with Gasteiger partial charge in [0.25, 0.3) is 0 Å². The normalized spacial score (nSPS) is 11.6. The number of phenols is 1. The number of halogens is 1. The Morgan fingerprint density at radius 3 is 2.50 bits per heavy atom. The van der Waals surface area contributed by atoms with Crippen LogP contribution in [0.15, 0.2) is 48.5 Å². The molecule has 0 aliphatic heterocycles. The van der Waals surface area contributed by atoms with Crippen LogP contribution in [0.2, 0.25) is 0 Å². The van der Waals surface area contributed by atoms with Gasteiger partial charge in [0.2, 0.25) is 0 Å². The molecule has 0 spiro atoms. The number of nitrogens with zero attached hydrogens (tertiary/aromatic N) is 1. The minimum Gasteiger partial charge on any atom is -0.508 e. The van der Waals surface area contributed by atoms with Crippen LogP contribution in [0.25, 0.3) is 0 Å². The van der Waals surface area contributed by atoms with E-state index in [1.807, 2.05) is 6.07 Å². The lowest BCUT2D eigenvalue weighted by Crippen LogP contribution is -2.36. The van der Waals surface area contributed by atoms with E-state index in [1.54, 1.807) is 24.3 Å². The number of carbonyl (C=O) groups is 2. The molecule has 0 fully saturated rings. The minimum atomic E-state index is -1.58. The number of phenolic OH excluding ortho intramolecular Hbond substituents is 1. The summed E-state index contributed by atoms with van der Waals surface area (Å²) in [5, 5.41) is 19.1. The Hall–Kier alpha value is -3.09. The van der Waals surface area contributed by atoms with Gasteiger partial charge in [0.15, 0.2) is 6.04 Å². The molecule has 0 bridgehead atoms. The standard InChI is InChI=1S/C17H16FNO5/c1-19(17(23)24-10-11-5-3-2-4-6-11)15(16(21)22)13-9-12(18)7-8-14(13)20/h2-9,15,20H,10H2,1H3,(H,21,22). The van der Waals surface area contributed by atoms with Gasteiger partial charge in [0, 0.05) is 12.6 Å². The summed E-state index contributed by atoms with van der Waals surface area (Å²) in [5.41, 5.74) is 0.501. The smallest absolute Gasteiger partial charge is 0.410 e. The number of carboxylic acid groups (broad SMARTS) is 1. The van der Waals surface area contributed by atoms with Gasteiger partial charge in [-0.1, -0.05) is 30.3 Å². The van der Waals surface area contributed by atoms with E-state index in [4.69, 9.17) is 4.74 Å². The monoisotopic (exact) mass is 333 g/mol. The SMILES string of the molecule is CN(C(=O)OCc1ccccc1)C(C(=O)O)c1cc(F)ccc1O. The van der Waals surface area contributed by atoms with Gasteiger partial charge in [-0.05, 0) is 23.8 Å². The molecule has 2 aromatic rings. The number of ether oxygens (including phenoxy) is 1. The van der Waals surface area contributed by atoms with Crippen LogP contribution in [-0.2, 0) is 16.1 Å². The summed E-state index contributed by atoms with van der Waals surface area (Å²) in [4.78, 5) is 24.4. The molecule has 2 aromatic carbocycles. The second kappa shape index (κ2) is 7.45. The molecule has 126 valence electrons. The van der Waals surface area contributed by atoms with Crippen molar-refractivity contribution < 1.29 is 28.9 Å². The molecule has 0 aliphatic rings. The largest absolute Gasteiger partial charge is 0.508 e. The van der Waals surface area contributed by atoms with Crippen molar-refractivity contribution >= 4 is 12.1 Å². The number of benzene rings is 2. The maximum Gasteiger partial charge on any atom is 0.410 e. The Kier molecular flexibility index (Phi) is 5.36. The maximum absolute atomic E-state index is 13.4.